The summed E-state index contributed by atoms with van der Waals surface area (Å²) in [7, 11) is 0. The third-order valence-corrected chi connectivity index (χ3v) is 5.31. The summed E-state index contributed by atoms with van der Waals surface area (Å²) in [5.41, 5.74) is 6.05. The smallest absolute Gasteiger partial charge is 0.273 e. The third kappa shape index (κ3) is 4.21. The van der Waals surface area contributed by atoms with Crippen LogP contribution in [0.25, 0.3) is 0 Å². The van der Waals surface area contributed by atoms with Gasteiger partial charge in [0.15, 0.2) is 5.69 Å². The van der Waals surface area contributed by atoms with Gasteiger partial charge in [-0.1, -0.05) is 12.1 Å². The van der Waals surface area contributed by atoms with Crippen LogP contribution < -0.4 is 11.1 Å². The van der Waals surface area contributed by atoms with Crippen LogP contribution in [0.15, 0.2) is 10.6 Å². The minimum atomic E-state index is -0.453. The first-order valence-corrected chi connectivity index (χ1v) is 9.31. The van der Waals surface area contributed by atoms with Crippen LogP contribution in [0.4, 0.5) is 0 Å². The predicted octanol–water partition coefficient (Wildman–Crippen LogP) is 1.65. The van der Waals surface area contributed by atoms with Crippen LogP contribution in [0.5, 0.6) is 0 Å². The summed E-state index contributed by atoms with van der Waals surface area (Å²) in [6.07, 6.45) is 4.84. The van der Waals surface area contributed by atoms with E-state index in [1.165, 1.54) is 0 Å². The topological polar surface area (TPSA) is 101 Å². The Labute approximate surface area is 148 Å². The lowest BCUT2D eigenvalue weighted by Gasteiger charge is -2.36. The Morgan fingerprint density at radius 2 is 2.04 bits per heavy atom. The van der Waals surface area contributed by atoms with Crippen molar-refractivity contribution in [3.8, 4) is 0 Å². The summed E-state index contributed by atoms with van der Waals surface area (Å²) in [6.45, 7) is 5.19. The molecule has 2 heterocycles. The summed E-state index contributed by atoms with van der Waals surface area (Å²) in [5.74, 6) is 1.46. The molecule has 1 aliphatic carbocycles. The molecule has 7 nitrogen and oxygen atoms in total. The Morgan fingerprint density at radius 3 is 2.60 bits per heavy atom. The molecule has 25 heavy (non-hydrogen) atoms. The first-order valence-electron chi connectivity index (χ1n) is 9.31. The van der Waals surface area contributed by atoms with E-state index in [0.29, 0.717) is 30.6 Å². The largest absolute Gasteiger partial charge is 0.360 e. The van der Waals surface area contributed by atoms with Crippen molar-refractivity contribution in [2.75, 3.05) is 13.1 Å². The molecule has 7 heteroatoms. The van der Waals surface area contributed by atoms with Crippen LogP contribution >= 0.6 is 0 Å². The van der Waals surface area contributed by atoms with Crippen molar-refractivity contribution in [3.63, 3.8) is 0 Å². The van der Waals surface area contributed by atoms with Gasteiger partial charge in [0.05, 0.1) is 6.04 Å². The maximum atomic E-state index is 12.5. The predicted molar refractivity (Wildman–Crippen MR) is 93.0 cm³/mol. The van der Waals surface area contributed by atoms with Crippen LogP contribution in [-0.2, 0) is 4.79 Å². The minimum Gasteiger partial charge on any atom is -0.360 e. The van der Waals surface area contributed by atoms with Crippen LogP contribution in [0.1, 0.15) is 68.1 Å². The molecular weight excluding hydrogens is 320 g/mol. The van der Waals surface area contributed by atoms with Crippen molar-refractivity contribution in [2.45, 2.75) is 64.0 Å². The van der Waals surface area contributed by atoms with Gasteiger partial charge in [-0.3, -0.25) is 9.59 Å². The first kappa shape index (κ1) is 17.9. The number of hydrogen-bond donors (Lipinski definition) is 2. The highest BCUT2D eigenvalue weighted by Crippen LogP contribution is 2.40. The van der Waals surface area contributed by atoms with Gasteiger partial charge in [-0.05, 0) is 44.9 Å². The Hall–Kier alpha value is -1.89. The number of hydrogen-bond acceptors (Lipinski definition) is 5. The second-order valence-corrected chi connectivity index (χ2v) is 7.33. The number of aromatic nitrogens is 1. The van der Waals surface area contributed by atoms with Gasteiger partial charge in [-0.15, -0.1) is 0 Å². The quantitative estimate of drug-likeness (QED) is 0.814. The summed E-state index contributed by atoms with van der Waals surface area (Å²) < 4.78 is 5.27. The molecule has 2 amide bonds. The molecule has 138 valence electrons. The van der Waals surface area contributed by atoms with E-state index in [9.17, 15) is 9.59 Å². The van der Waals surface area contributed by atoms with Crippen LogP contribution in [0, 0.1) is 5.92 Å². The molecule has 1 aromatic heterocycles. The van der Waals surface area contributed by atoms with Crippen molar-refractivity contribution < 1.29 is 14.1 Å². The number of carbonyl (C=O) groups is 2. The molecule has 1 aliphatic heterocycles. The SMILES string of the molecule is CCC(NC(=O)c1cc(C2CC2)on1)C1CCN(C(=O)[C@@H](C)N)CC1. The highest BCUT2D eigenvalue weighted by atomic mass is 16.5. The number of piperidine rings is 1. The van der Waals surface area contributed by atoms with Gasteiger partial charge in [-0.2, -0.15) is 0 Å². The van der Waals surface area contributed by atoms with Crippen molar-refractivity contribution in [2.24, 2.45) is 11.7 Å². The molecule has 2 fully saturated rings. The Morgan fingerprint density at radius 1 is 1.36 bits per heavy atom. The average molecular weight is 348 g/mol. The van der Waals surface area contributed by atoms with Gasteiger partial charge >= 0.3 is 0 Å². The van der Waals surface area contributed by atoms with E-state index >= 15 is 0 Å². The van der Waals surface area contributed by atoms with Gasteiger partial charge < -0.3 is 20.5 Å². The van der Waals surface area contributed by atoms with E-state index in [1.807, 2.05) is 4.90 Å². The monoisotopic (exact) mass is 348 g/mol. The van der Waals surface area contributed by atoms with E-state index in [-0.39, 0.29) is 17.9 Å². The number of nitrogens with two attached hydrogens (primary N) is 1. The van der Waals surface area contributed by atoms with E-state index in [1.54, 1.807) is 13.0 Å². The lowest BCUT2D eigenvalue weighted by molar-refractivity contribution is -0.133. The highest BCUT2D eigenvalue weighted by Gasteiger charge is 2.31. The summed E-state index contributed by atoms with van der Waals surface area (Å²) in [5, 5.41) is 7.01. The second kappa shape index (κ2) is 7.56. The van der Waals surface area contributed by atoms with Gasteiger partial charge in [-0.25, -0.2) is 0 Å². The average Bonchev–Trinajstić information content (AvgIpc) is 3.35. The molecule has 0 spiro atoms. The fraction of sp³-hybridized carbons (Fsp3) is 0.722. The van der Waals surface area contributed by atoms with Gasteiger partial charge in [0.1, 0.15) is 5.76 Å². The van der Waals surface area contributed by atoms with Gasteiger partial charge in [0.25, 0.3) is 5.91 Å². The molecule has 1 unspecified atom stereocenters. The Kier molecular flexibility index (Phi) is 5.42. The molecule has 3 rings (SSSR count). The molecule has 0 radical (unpaired) electrons. The first-order chi connectivity index (χ1) is 12.0. The van der Waals surface area contributed by atoms with Crippen molar-refractivity contribution in [3.05, 3.63) is 17.5 Å². The lowest BCUT2D eigenvalue weighted by Crippen LogP contribution is -2.49. The molecule has 3 N–H and O–H groups in total. The number of rotatable bonds is 6. The molecule has 2 atom stereocenters. The minimum absolute atomic E-state index is 0.00531. The fourth-order valence-corrected chi connectivity index (χ4v) is 3.56. The Balaban J connectivity index is 1.53. The number of nitrogens with zero attached hydrogens (tertiary/aromatic N) is 2. The lowest BCUT2D eigenvalue weighted by atomic mass is 9.87. The summed E-state index contributed by atoms with van der Waals surface area (Å²) >= 11 is 0. The zero-order valence-electron chi connectivity index (χ0n) is 15.0. The van der Waals surface area contributed by atoms with E-state index < -0.39 is 6.04 Å². The maximum Gasteiger partial charge on any atom is 0.273 e. The van der Waals surface area contributed by atoms with Crippen LogP contribution in [0.3, 0.4) is 0 Å². The van der Waals surface area contributed by atoms with E-state index in [0.717, 1.165) is 37.9 Å². The molecule has 1 aromatic rings. The zero-order valence-corrected chi connectivity index (χ0v) is 15.0. The molecule has 1 saturated heterocycles. The van der Waals surface area contributed by atoms with Gasteiger partial charge in [0.2, 0.25) is 5.91 Å². The highest BCUT2D eigenvalue weighted by molar-refractivity contribution is 5.92. The summed E-state index contributed by atoms with van der Waals surface area (Å²) in [6, 6.07) is 1.40. The molecule has 0 aromatic carbocycles. The number of nitrogens with one attached hydrogen (secondary N) is 1. The van der Waals surface area contributed by atoms with E-state index in [4.69, 9.17) is 10.3 Å². The van der Waals surface area contributed by atoms with Crippen LogP contribution in [0.2, 0.25) is 0 Å². The van der Waals surface area contributed by atoms with Gasteiger partial charge in [0, 0.05) is 31.1 Å². The van der Waals surface area contributed by atoms with Crippen molar-refractivity contribution in [1.29, 1.82) is 0 Å². The van der Waals surface area contributed by atoms with Crippen molar-refractivity contribution >= 4 is 11.8 Å². The second-order valence-electron chi connectivity index (χ2n) is 7.33. The zero-order chi connectivity index (χ0) is 18.0. The van der Waals surface area contributed by atoms with Crippen molar-refractivity contribution in [1.82, 2.24) is 15.4 Å². The molecule has 1 saturated carbocycles. The standard InChI is InChI=1S/C18H28N4O3/c1-3-14(12-6-8-22(9-7-12)18(24)11(2)19)20-17(23)15-10-16(25-21-15)13-4-5-13/h10-14H,3-9,19H2,1-2H3,(H,20,23)/t11-,14?/m1/s1. The number of likely N-dealkylation sites (tertiary alicyclic amines) is 1. The molecule has 0 bridgehead atoms. The van der Waals surface area contributed by atoms with Crippen LogP contribution in [-0.4, -0.2) is 47.0 Å². The molecule has 2 aliphatic rings. The normalized spacial score (nSPS) is 21.0. The summed E-state index contributed by atoms with van der Waals surface area (Å²) in [4.78, 5) is 26.3. The Bertz CT molecular complexity index is 616. The third-order valence-electron chi connectivity index (χ3n) is 5.31. The fourth-order valence-electron chi connectivity index (χ4n) is 3.56. The number of amides is 2. The number of carbonyl (C=O) groups excluding carboxylic acids is 2. The van der Waals surface area contributed by atoms with E-state index in [2.05, 4.69) is 17.4 Å². The molecular formula is C18H28N4O3. The maximum absolute atomic E-state index is 12.5.